The van der Waals surface area contributed by atoms with Crippen LogP contribution in [0.2, 0.25) is 5.15 Å². The third kappa shape index (κ3) is 4.95. The summed E-state index contributed by atoms with van der Waals surface area (Å²) in [5, 5.41) is 3.38. The molecule has 4 rings (SSSR count). The minimum Gasteiger partial charge on any atom is -0.492 e. The molecular weight excluding hydrogens is 433 g/mol. The molecule has 10 heteroatoms. The van der Waals surface area contributed by atoms with Crippen LogP contribution in [-0.4, -0.2) is 57.1 Å². The highest BCUT2D eigenvalue weighted by Gasteiger charge is 2.16. The number of fused-ring (bicyclic) bond motifs is 1. The number of aromatic nitrogens is 5. The standard InChI is InChI=1S/C22H23ClFN7O/c1-13(14-5-4-6-15(9-14)32-8-7-31(2)3)28-21-17(24)11-26-20(30-21)16-10-25-22-19(16)29-18(23)12-27-22/h4-6,9-13H,7-8H2,1-3H3,(H,25,27)(H,26,28,30)/t13-/m0/s1. The van der Waals surface area contributed by atoms with E-state index in [1.54, 1.807) is 6.20 Å². The second-order valence-corrected chi connectivity index (χ2v) is 7.96. The maximum absolute atomic E-state index is 14.5. The van der Waals surface area contributed by atoms with E-state index in [0.717, 1.165) is 24.1 Å². The van der Waals surface area contributed by atoms with Gasteiger partial charge in [0.2, 0.25) is 0 Å². The SMILES string of the molecule is C[C@H](Nc1nc(-c2c[nH]c3ncc(Cl)nc23)ncc1F)c1cccc(OCCN(C)C)c1. The molecule has 0 unspecified atom stereocenters. The Morgan fingerprint density at radius 1 is 1.22 bits per heavy atom. The van der Waals surface area contributed by atoms with Crippen molar-refractivity contribution in [1.82, 2.24) is 29.8 Å². The fourth-order valence-corrected chi connectivity index (χ4v) is 3.28. The molecule has 0 aliphatic heterocycles. The van der Waals surface area contributed by atoms with E-state index < -0.39 is 5.82 Å². The molecule has 3 aromatic heterocycles. The Balaban J connectivity index is 1.55. The van der Waals surface area contributed by atoms with Crippen molar-refractivity contribution in [3.05, 3.63) is 59.4 Å². The zero-order valence-electron chi connectivity index (χ0n) is 17.9. The summed E-state index contributed by atoms with van der Waals surface area (Å²) < 4.78 is 20.3. The largest absolute Gasteiger partial charge is 0.492 e. The summed E-state index contributed by atoms with van der Waals surface area (Å²) in [4.78, 5) is 22.0. The Kier molecular flexibility index (Phi) is 6.48. The van der Waals surface area contributed by atoms with Crippen LogP contribution in [0, 0.1) is 5.82 Å². The van der Waals surface area contributed by atoms with E-state index >= 15 is 0 Å². The van der Waals surface area contributed by atoms with Gasteiger partial charge in [-0.25, -0.2) is 24.3 Å². The van der Waals surface area contributed by atoms with E-state index in [0.29, 0.717) is 29.2 Å². The molecule has 8 nitrogen and oxygen atoms in total. The molecule has 1 aromatic carbocycles. The third-order valence-corrected chi connectivity index (χ3v) is 5.04. The quantitative estimate of drug-likeness (QED) is 0.408. The zero-order chi connectivity index (χ0) is 22.7. The lowest BCUT2D eigenvalue weighted by molar-refractivity contribution is 0.261. The minimum atomic E-state index is -0.553. The van der Waals surface area contributed by atoms with Crippen LogP contribution in [0.1, 0.15) is 18.5 Å². The number of nitrogens with zero attached hydrogens (tertiary/aromatic N) is 5. The van der Waals surface area contributed by atoms with Crippen molar-refractivity contribution in [2.24, 2.45) is 0 Å². The molecule has 0 saturated heterocycles. The Labute approximate surface area is 189 Å². The second kappa shape index (κ2) is 9.46. The Morgan fingerprint density at radius 2 is 2.06 bits per heavy atom. The number of anilines is 1. The van der Waals surface area contributed by atoms with Crippen LogP contribution < -0.4 is 10.1 Å². The molecule has 0 amide bonds. The van der Waals surface area contributed by atoms with Crippen molar-refractivity contribution >= 4 is 28.6 Å². The first kappa shape index (κ1) is 21.9. The van der Waals surface area contributed by atoms with Crippen molar-refractivity contribution in [3.8, 4) is 17.1 Å². The Hall–Kier alpha value is -3.30. The predicted octanol–water partition coefficient (Wildman–Crippen LogP) is 4.32. The molecule has 166 valence electrons. The smallest absolute Gasteiger partial charge is 0.183 e. The highest BCUT2D eigenvalue weighted by atomic mass is 35.5. The Morgan fingerprint density at radius 3 is 2.88 bits per heavy atom. The molecule has 0 bridgehead atoms. The van der Waals surface area contributed by atoms with Gasteiger partial charge in [-0.1, -0.05) is 23.7 Å². The zero-order valence-corrected chi connectivity index (χ0v) is 18.7. The monoisotopic (exact) mass is 455 g/mol. The van der Waals surface area contributed by atoms with Crippen molar-refractivity contribution in [3.63, 3.8) is 0 Å². The molecule has 0 radical (unpaired) electrons. The number of ether oxygens (including phenoxy) is 1. The molecule has 0 aliphatic carbocycles. The molecule has 2 N–H and O–H groups in total. The Bertz CT molecular complexity index is 1230. The summed E-state index contributed by atoms with van der Waals surface area (Å²) in [7, 11) is 3.99. The van der Waals surface area contributed by atoms with Crippen LogP contribution in [0.3, 0.4) is 0 Å². The van der Waals surface area contributed by atoms with E-state index in [9.17, 15) is 4.39 Å². The number of hydrogen-bond acceptors (Lipinski definition) is 7. The summed E-state index contributed by atoms with van der Waals surface area (Å²) in [6.45, 7) is 3.33. The van der Waals surface area contributed by atoms with Crippen LogP contribution in [0.25, 0.3) is 22.6 Å². The lowest BCUT2D eigenvalue weighted by Gasteiger charge is -2.17. The van der Waals surface area contributed by atoms with Crippen molar-refractivity contribution in [1.29, 1.82) is 0 Å². The molecular formula is C22H23ClFN7O. The first-order valence-electron chi connectivity index (χ1n) is 10.1. The van der Waals surface area contributed by atoms with Crippen molar-refractivity contribution in [2.75, 3.05) is 32.6 Å². The molecule has 0 aliphatic rings. The summed E-state index contributed by atoms with van der Waals surface area (Å²) >= 11 is 5.97. The van der Waals surface area contributed by atoms with Crippen LogP contribution in [0.5, 0.6) is 5.75 Å². The van der Waals surface area contributed by atoms with Gasteiger partial charge in [0, 0.05) is 12.7 Å². The first-order chi connectivity index (χ1) is 15.4. The van der Waals surface area contributed by atoms with Gasteiger partial charge in [0.1, 0.15) is 23.0 Å². The molecule has 0 saturated carbocycles. The maximum atomic E-state index is 14.5. The first-order valence-corrected chi connectivity index (χ1v) is 10.4. The fourth-order valence-electron chi connectivity index (χ4n) is 3.15. The lowest BCUT2D eigenvalue weighted by atomic mass is 10.1. The van der Waals surface area contributed by atoms with Crippen LogP contribution in [0.4, 0.5) is 10.2 Å². The molecule has 4 aromatic rings. The predicted molar refractivity (Wildman–Crippen MR) is 122 cm³/mol. The van der Waals surface area contributed by atoms with Gasteiger partial charge in [0.25, 0.3) is 0 Å². The lowest BCUT2D eigenvalue weighted by Crippen LogP contribution is -2.19. The molecule has 1 atom stereocenters. The van der Waals surface area contributed by atoms with E-state index in [2.05, 4.69) is 35.1 Å². The molecule has 32 heavy (non-hydrogen) atoms. The minimum absolute atomic E-state index is 0.0887. The fraction of sp³-hybridized carbons (Fsp3) is 0.273. The highest BCUT2D eigenvalue weighted by molar-refractivity contribution is 6.29. The maximum Gasteiger partial charge on any atom is 0.183 e. The van der Waals surface area contributed by atoms with Gasteiger partial charge in [-0.05, 0) is 38.7 Å². The average Bonchev–Trinajstić information content (AvgIpc) is 3.18. The van der Waals surface area contributed by atoms with E-state index in [1.807, 2.05) is 45.3 Å². The number of aromatic amines is 1. The van der Waals surface area contributed by atoms with Gasteiger partial charge >= 0.3 is 0 Å². The number of rotatable bonds is 8. The second-order valence-electron chi connectivity index (χ2n) is 7.57. The molecule has 3 heterocycles. The molecule has 0 spiro atoms. The molecule has 0 fully saturated rings. The summed E-state index contributed by atoms with van der Waals surface area (Å²) in [6.07, 6.45) is 4.26. The number of hydrogen-bond donors (Lipinski definition) is 2. The number of H-pyrrole nitrogens is 1. The van der Waals surface area contributed by atoms with E-state index in [-0.39, 0.29) is 17.0 Å². The number of halogens is 2. The number of benzene rings is 1. The van der Waals surface area contributed by atoms with E-state index in [4.69, 9.17) is 16.3 Å². The summed E-state index contributed by atoms with van der Waals surface area (Å²) in [5.74, 6) is 0.606. The number of nitrogens with one attached hydrogen (secondary N) is 2. The van der Waals surface area contributed by atoms with Gasteiger partial charge in [0.15, 0.2) is 23.1 Å². The van der Waals surface area contributed by atoms with Crippen molar-refractivity contribution in [2.45, 2.75) is 13.0 Å². The van der Waals surface area contributed by atoms with Gasteiger partial charge in [-0.2, -0.15) is 0 Å². The van der Waals surface area contributed by atoms with Gasteiger partial charge in [-0.3, -0.25) is 0 Å². The summed E-state index contributed by atoms with van der Waals surface area (Å²) in [5.41, 5.74) is 2.59. The van der Waals surface area contributed by atoms with Crippen LogP contribution in [0.15, 0.2) is 42.9 Å². The highest BCUT2D eigenvalue weighted by Crippen LogP contribution is 2.28. The van der Waals surface area contributed by atoms with Gasteiger partial charge < -0.3 is 19.9 Å². The van der Waals surface area contributed by atoms with Gasteiger partial charge in [-0.15, -0.1) is 0 Å². The van der Waals surface area contributed by atoms with Crippen LogP contribution >= 0.6 is 11.6 Å². The van der Waals surface area contributed by atoms with Gasteiger partial charge in [0.05, 0.1) is 24.0 Å². The number of likely N-dealkylation sites (N-methyl/N-ethyl adjacent to an activating group) is 1. The topological polar surface area (TPSA) is 91.9 Å². The third-order valence-electron chi connectivity index (χ3n) is 4.85. The van der Waals surface area contributed by atoms with E-state index in [1.165, 1.54) is 6.20 Å². The van der Waals surface area contributed by atoms with Crippen molar-refractivity contribution < 1.29 is 9.13 Å². The average molecular weight is 456 g/mol. The normalized spacial score (nSPS) is 12.3. The van der Waals surface area contributed by atoms with Crippen LogP contribution in [-0.2, 0) is 0 Å². The summed E-state index contributed by atoms with van der Waals surface area (Å²) in [6, 6.07) is 7.48.